The van der Waals surface area contributed by atoms with Gasteiger partial charge in [0.05, 0.1) is 0 Å². The van der Waals surface area contributed by atoms with Crippen molar-refractivity contribution in [2.75, 3.05) is 13.1 Å². The highest BCUT2D eigenvalue weighted by Gasteiger charge is 2.25. The molecule has 5 nitrogen and oxygen atoms in total. The number of nitrogens with zero attached hydrogens (tertiary/aromatic N) is 4. The molecule has 1 saturated heterocycles. The number of carbonyl (C=O) groups excluding carboxylic acids is 1. The first kappa shape index (κ1) is 18.3. The van der Waals surface area contributed by atoms with Gasteiger partial charge in [-0.3, -0.25) is 9.36 Å². The van der Waals surface area contributed by atoms with E-state index < -0.39 is 0 Å². The van der Waals surface area contributed by atoms with Crippen molar-refractivity contribution in [1.29, 1.82) is 0 Å². The van der Waals surface area contributed by atoms with Gasteiger partial charge in [0.25, 0.3) is 5.91 Å². The van der Waals surface area contributed by atoms with Gasteiger partial charge in [-0.15, -0.1) is 0 Å². The molecule has 6 heteroatoms. The van der Waals surface area contributed by atoms with E-state index in [0.29, 0.717) is 24.6 Å². The molecule has 28 heavy (non-hydrogen) atoms. The lowest BCUT2D eigenvalue weighted by Gasteiger charge is -2.32. The lowest BCUT2D eigenvalue weighted by molar-refractivity contribution is 0.0712. The van der Waals surface area contributed by atoms with Crippen LogP contribution >= 0.6 is 0 Å². The fraction of sp³-hybridized carbons (Fsp3) is 0.318. The maximum atomic E-state index is 13.1. The quantitative estimate of drug-likeness (QED) is 0.690. The maximum Gasteiger partial charge on any atom is 0.253 e. The van der Waals surface area contributed by atoms with Crippen LogP contribution in [0, 0.1) is 5.82 Å². The third-order valence-electron chi connectivity index (χ3n) is 5.33. The molecule has 1 aliphatic rings. The highest BCUT2D eigenvalue weighted by molar-refractivity contribution is 5.94. The van der Waals surface area contributed by atoms with Crippen LogP contribution in [-0.2, 0) is 6.42 Å². The summed E-state index contributed by atoms with van der Waals surface area (Å²) in [6, 6.07) is 11.8. The van der Waals surface area contributed by atoms with Crippen LogP contribution in [0.1, 0.15) is 47.6 Å². The molecule has 0 spiro atoms. The van der Waals surface area contributed by atoms with E-state index in [1.54, 1.807) is 18.3 Å². The number of aryl methyl sites for hydroxylation is 1. The van der Waals surface area contributed by atoms with E-state index in [2.05, 4.69) is 18.0 Å². The summed E-state index contributed by atoms with van der Waals surface area (Å²) in [5.74, 6) is 1.84. The topological polar surface area (TPSA) is 51.0 Å². The van der Waals surface area contributed by atoms with Crippen molar-refractivity contribution in [2.24, 2.45) is 0 Å². The van der Waals surface area contributed by atoms with Gasteiger partial charge in [0, 0.05) is 49.1 Å². The normalized spacial score (nSPS) is 15.0. The van der Waals surface area contributed by atoms with Gasteiger partial charge in [-0.1, -0.05) is 13.0 Å². The van der Waals surface area contributed by atoms with Crippen molar-refractivity contribution < 1.29 is 9.18 Å². The summed E-state index contributed by atoms with van der Waals surface area (Å²) in [5.41, 5.74) is 1.59. The van der Waals surface area contributed by atoms with Crippen molar-refractivity contribution in [2.45, 2.75) is 32.1 Å². The third kappa shape index (κ3) is 3.67. The Balaban J connectivity index is 1.45. The van der Waals surface area contributed by atoms with Gasteiger partial charge in [-0.05, 0) is 49.2 Å². The van der Waals surface area contributed by atoms with Crippen LogP contribution in [0.3, 0.4) is 0 Å². The highest BCUT2D eigenvalue weighted by atomic mass is 19.1. The van der Waals surface area contributed by atoms with Crippen LogP contribution in [-0.4, -0.2) is 38.4 Å². The summed E-state index contributed by atoms with van der Waals surface area (Å²) in [7, 11) is 0. The summed E-state index contributed by atoms with van der Waals surface area (Å²) in [6.45, 7) is 3.44. The minimum Gasteiger partial charge on any atom is -0.339 e. The number of carbonyl (C=O) groups is 1. The number of rotatable bonds is 4. The zero-order valence-corrected chi connectivity index (χ0v) is 15.9. The number of hydrogen-bond acceptors (Lipinski definition) is 3. The lowest BCUT2D eigenvalue weighted by atomic mass is 9.92. The van der Waals surface area contributed by atoms with E-state index >= 15 is 0 Å². The number of imidazole rings is 1. The number of likely N-dealkylation sites (tertiary alicyclic amines) is 1. The molecular formula is C22H23FN4O. The molecule has 1 fully saturated rings. The Kier molecular flexibility index (Phi) is 5.19. The van der Waals surface area contributed by atoms with Crippen LogP contribution in [0.4, 0.5) is 4.39 Å². The molecule has 1 aromatic carbocycles. The predicted octanol–water partition coefficient (Wildman–Crippen LogP) is 3.99. The monoisotopic (exact) mass is 378 g/mol. The van der Waals surface area contributed by atoms with Gasteiger partial charge >= 0.3 is 0 Å². The number of hydrogen-bond donors (Lipinski definition) is 0. The Hall–Kier alpha value is -3.02. The molecule has 0 saturated carbocycles. The van der Waals surface area contributed by atoms with Gasteiger partial charge in [0.15, 0.2) is 0 Å². The molecular weight excluding hydrogens is 355 g/mol. The fourth-order valence-corrected chi connectivity index (χ4v) is 3.76. The van der Waals surface area contributed by atoms with Crippen molar-refractivity contribution in [3.05, 3.63) is 77.8 Å². The second-order valence-electron chi connectivity index (χ2n) is 7.06. The van der Waals surface area contributed by atoms with E-state index in [4.69, 9.17) is 4.98 Å². The number of pyridine rings is 1. The number of benzene rings is 1. The Bertz CT molecular complexity index is 959. The van der Waals surface area contributed by atoms with Gasteiger partial charge in [0.1, 0.15) is 17.5 Å². The molecule has 1 aliphatic heterocycles. The van der Waals surface area contributed by atoms with E-state index in [0.717, 1.165) is 36.6 Å². The van der Waals surface area contributed by atoms with Crippen LogP contribution in [0.15, 0.2) is 54.9 Å². The van der Waals surface area contributed by atoms with E-state index in [9.17, 15) is 9.18 Å². The maximum absolute atomic E-state index is 13.1. The summed E-state index contributed by atoms with van der Waals surface area (Å²) in [5, 5.41) is 0. The van der Waals surface area contributed by atoms with Crippen molar-refractivity contribution in [1.82, 2.24) is 19.4 Å². The predicted molar refractivity (Wildman–Crippen MR) is 105 cm³/mol. The standard InChI is InChI=1S/C22H23FN4O/c1-2-20-24-12-15-27(20)21-5-3-4-19(25-21)16-10-13-26(14-11-16)22(28)17-6-8-18(23)9-7-17/h3-9,12,15-16H,2,10-11,13-14H2,1H3. The van der Waals surface area contributed by atoms with Crippen LogP contribution in [0.25, 0.3) is 5.82 Å². The molecule has 1 amide bonds. The number of aromatic nitrogens is 3. The Labute approximate surface area is 163 Å². The Morgan fingerprint density at radius 2 is 1.89 bits per heavy atom. The van der Waals surface area contributed by atoms with E-state index in [1.165, 1.54) is 12.1 Å². The smallest absolute Gasteiger partial charge is 0.253 e. The van der Waals surface area contributed by atoms with Gasteiger partial charge in [-0.25, -0.2) is 14.4 Å². The fourth-order valence-electron chi connectivity index (χ4n) is 3.76. The zero-order chi connectivity index (χ0) is 19.5. The molecule has 4 rings (SSSR count). The molecule has 3 aromatic rings. The van der Waals surface area contributed by atoms with Gasteiger partial charge in [-0.2, -0.15) is 0 Å². The highest BCUT2D eigenvalue weighted by Crippen LogP contribution is 2.28. The molecule has 0 aliphatic carbocycles. The molecule has 2 aromatic heterocycles. The third-order valence-corrected chi connectivity index (χ3v) is 5.33. The van der Waals surface area contributed by atoms with Crippen molar-refractivity contribution >= 4 is 5.91 Å². The molecule has 3 heterocycles. The summed E-state index contributed by atoms with van der Waals surface area (Å²) >= 11 is 0. The molecule has 144 valence electrons. The van der Waals surface area contributed by atoms with Crippen molar-refractivity contribution in [3.63, 3.8) is 0 Å². The molecule has 0 bridgehead atoms. The lowest BCUT2D eigenvalue weighted by Crippen LogP contribution is -2.38. The van der Waals surface area contributed by atoms with Crippen LogP contribution in [0.2, 0.25) is 0 Å². The minimum atomic E-state index is -0.328. The second kappa shape index (κ2) is 7.92. The summed E-state index contributed by atoms with van der Waals surface area (Å²) in [4.78, 5) is 23.7. The minimum absolute atomic E-state index is 0.0360. The SMILES string of the molecule is CCc1nccn1-c1cccc(C2CCN(C(=O)c3ccc(F)cc3)CC2)n1. The van der Waals surface area contributed by atoms with Crippen LogP contribution in [0.5, 0.6) is 0 Å². The Morgan fingerprint density at radius 3 is 2.61 bits per heavy atom. The number of amides is 1. The van der Waals surface area contributed by atoms with Crippen molar-refractivity contribution in [3.8, 4) is 5.82 Å². The van der Waals surface area contributed by atoms with Crippen LogP contribution < -0.4 is 0 Å². The average molecular weight is 378 g/mol. The molecule has 0 radical (unpaired) electrons. The Morgan fingerprint density at radius 1 is 1.14 bits per heavy atom. The van der Waals surface area contributed by atoms with E-state index in [1.807, 2.05) is 27.8 Å². The first-order valence-electron chi connectivity index (χ1n) is 9.70. The second-order valence-corrected chi connectivity index (χ2v) is 7.06. The van der Waals surface area contributed by atoms with Gasteiger partial charge < -0.3 is 4.90 Å². The zero-order valence-electron chi connectivity index (χ0n) is 15.9. The molecule has 0 N–H and O–H groups in total. The van der Waals surface area contributed by atoms with Gasteiger partial charge in [0.2, 0.25) is 0 Å². The largest absolute Gasteiger partial charge is 0.339 e. The molecule has 0 unspecified atom stereocenters. The molecule has 0 atom stereocenters. The first-order chi connectivity index (χ1) is 13.7. The summed E-state index contributed by atoms with van der Waals surface area (Å²) < 4.78 is 15.1. The van der Waals surface area contributed by atoms with E-state index in [-0.39, 0.29) is 11.7 Å². The average Bonchev–Trinajstić information content (AvgIpc) is 3.23. The summed E-state index contributed by atoms with van der Waals surface area (Å²) in [6.07, 6.45) is 6.33. The first-order valence-corrected chi connectivity index (χ1v) is 9.70. The number of piperidine rings is 1. The number of halogens is 1.